The molecule has 0 aliphatic carbocycles. The van der Waals surface area contributed by atoms with Crippen LogP contribution in [0.1, 0.15) is 22.6 Å². The van der Waals surface area contributed by atoms with E-state index in [2.05, 4.69) is 9.97 Å². The highest BCUT2D eigenvalue weighted by Crippen LogP contribution is 2.22. The van der Waals surface area contributed by atoms with Crippen molar-refractivity contribution in [3.8, 4) is 0 Å². The zero-order chi connectivity index (χ0) is 10.1. The van der Waals surface area contributed by atoms with Crippen molar-refractivity contribution in [2.75, 3.05) is 0 Å². The first-order valence-corrected chi connectivity index (χ1v) is 5.14. The van der Waals surface area contributed by atoms with E-state index in [1.54, 1.807) is 17.0 Å². The molecule has 2 rings (SSSR count). The first kappa shape index (κ1) is 9.36. The smallest absolute Gasteiger partial charge is 0.163 e. The fourth-order valence-corrected chi connectivity index (χ4v) is 2.02. The number of aromatic nitrogens is 3. The summed E-state index contributed by atoms with van der Waals surface area (Å²) in [6.45, 7) is 1.91. The molecule has 5 heteroatoms. The molecule has 0 fully saturated rings. The Kier molecular flexibility index (Phi) is 2.35. The third kappa shape index (κ3) is 1.56. The van der Waals surface area contributed by atoms with Gasteiger partial charge in [0.15, 0.2) is 6.10 Å². The van der Waals surface area contributed by atoms with E-state index < -0.39 is 6.10 Å². The van der Waals surface area contributed by atoms with Gasteiger partial charge in [-0.15, -0.1) is 11.3 Å². The van der Waals surface area contributed by atoms with Crippen LogP contribution in [0.15, 0.2) is 17.8 Å². The molecule has 1 N–H and O–H groups in total. The molecule has 0 saturated heterocycles. The normalized spacial score (nSPS) is 13.1. The third-order valence-corrected chi connectivity index (χ3v) is 2.99. The summed E-state index contributed by atoms with van der Waals surface area (Å²) in [4.78, 5) is 8.30. The maximum atomic E-state index is 9.94. The fourth-order valence-electron chi connectivity index (χ4n) is 1.25. The van der Waals surface area contributed by atoms with Gasteiger partial charge in [-0.2, -0.15) is 0 Å². The van der Waals surface area contributed by atoms with Crippen LogP contribution in [-0.4, -0.2) is 19.6 Å². The van der Waals surface area contributed by atoms with Gasteiger partial charge in [0.25, 0.3) is 0 Å². The van der Waals surface area contributed by atoms with Gasteiger partial charge in [0.2, 0.25) is 0 Å². The molecule has 1 atom stereocenters. The first-order chi connectivity index (χ1) is 6.68. The summed E-state index contributed by atoms with van der Waals surface area (Å²) >= 11 is 1.45. The zero-order valence-electron chi connectivity index (χ0n) is 8.01. The van der Waals surface area contributed by atoms with Crippen LogP contribution >= 0.6 is 11.3 Å². The molecule has 0 aliphatic heterocycles. The van der Waals surface area contributed by atoms with Crippen LogP contribution in [0, 0.1) is 6.92 Å². The van der Waals surface area contributed by atoms with Crippen LogP contribution in [0.3, 0.4) is 0 Å². The lowest BCUT2D eigenvalue weighted by Gasteiger charge is -2.06. The number of thiazole rings is 1. The van der Waals surface area contributed by atoms with E-state index in [1.807, 2.05) is 19.4 Å². The number of aryl methyl sites for hydroxylation is 2. The molecule has 14 heavy (non-hydrogen) atoms. The monoisotopic (exact) mass is 209 g/mol. The molecule has 4 nitrogen and oxygen atoms in total. The minimum Gasteiger partial charge on any atom is -0.378 e. The van der Waals surface area contributed by atoms with Gasteiger partial charge in [-0.05, 0) is 6.92 Å². The van der Waals surface area contributed by atoms with E-state index in [9.17, 15) is 5.11 Å². The maximum absolute atomic E-state index is 9.94. The number of aliphatic hydroxyl groups is 1. The summed E-state index contributed by atoms with van der Waals surface area (Å²) in [5, 5.41) is 12.5. The molecule has 0 saturated carbocycles. The van der Waals surface area contributed by atoms with E-state index in [4.69, 9.17) is 0 Å². The van der Waals surface area contributed by atoms with Crippen LogP contribution in [0.4, 0.5) is 0 Å². The van der Waals surface area contributed by atoms with Gasteiger partial charge in [0.05, 0.1) is 0 Å². The summed E-state index contributed by atoms with van der Waals surface area (Å²) in [5.74, 6) is 0.624. The van der Waals surface area contributed by atoms with E-state index in [0.717, 1.165) is 5.69 Å². The summed E-state index contributed by atoms with van der Waals surface area (Å²) in [6, 6.07) is 0. The minimum absolute atomic E-state index is 0.624. The number of hydrogen-bond donors (Lipinski definition) is 1. The van der Waals surface area contributed by atoms with Crippen molar-refractivity contribution < 1.29 is 5.11 Å². The number of hydrogen-bond acceptors (Lipinski definition) is 4. The SMILES string of the molecule is Cc1csc(C(O)c2nccn2C)n1. The molecule has 0 bridgehead atoms. The molecule has 0 radical (unpaired) electrons. The third-order valence-electron chi connectivity index (χ3n) is 1.97. The van der Waals surface area contributed by atoms with Crippen molar-refractivity contribution in [1.29, 1.82) is 0 Å². The summed E-state index contributed by atoms with van der Waals surface area (Å²) in [5.41, 5.74) is 0.929. The molecule has 0 aromatic carbocycles. The van der Waals surface area contributed by atoms with Gasteiger partial charge < -0.3 is 9.67 Å². The quantitative estimate of drug-likeness (QED) is 0.810. The highest BCUT2D eigenvalue weighted by atomic mass is 32.1. The number of rotatable bonds is 2. The summed E-state index contributed by atoms with van der Waals surface area (Å²) in [6.07, 6.45) is 2.76. The lowest BCUT2D eigenvalue weighted by molar-refractivity contribution is 0.205. The Hall–Kier alpha value is -1.20. The second-order valence-electron chi connectivity index (χ2n) is 3.13. The van der Waals surface area contributed by atoms with E-state index in [0.29, 0.717) is 10.8 Å². The molecule has 0 aliphatic rings. The topological polar surface area (TPSA) is 50.9 Å². The van der Waals surface area contributed by atoms with Gasteiger partial charge >= 0.3 is 0 Å². The van der Waals surface area contributed by atoms with Crippen molar-refractivity contribution in [1.82, 2.24) is 14.5 Å². The summed E-state index contributed by atoms with van der Waals surface area (Å²) < 4.78 is 1.79. The van der Waals surface area contributed by atoms with Crippen LogP contribution in [-0.2, 0) is 7.05 Å². The van der Waals surface area contributed by atoms with E-state index in [1.165, 1.54) is 11.3 Å². The van der Waals surface area contributed by atoms with Gasteiger partial charge in [-0.1, -0.05) is 0 Å². The molecule has 74 valence electrons. The average Bonchev–Trinajstić information content (AvgIpc) is 2.73. The Labute approximate surface area is 85.9 Å². The Morgan fingerprint density at radius 2 is 2.36 bits per heavy atom. The highest BCUT2D eigenvalue weighted by Gasteiger charge is 2.17. The number of aliphatic hydroxyl groups excluding tert-OH is 1. The average molecular weight is 209 g/mol. The maximum Gasteiger partial charge on any atom is 0.163 e. The lowest BCUT2D eigenvalue weighted by Crippen LogP contribution is -2.06. The number of imidazole rings is 1. The standard InChI is InChI=1S/C9H11N3OS/c1-6-5-14-9(11-6)7(13)8-10-3-4-12(8)2/h3-5,7,13H,1-2H3. The van der Waals surface area contributed by atoms with E-state index >= 15 is 0 Å². The molecular formula is C9H11N3OS. The molecule has 2 aromatic heterocycles. The molecule has 2 aromatic rings. The van der Waals surface area contributed by atoms with Crippen molar-refractivity contribution in [2.45, 2.75) is 13.0 Å². The van der Waals surface area contributed by atoms with Crippen molar-refractivity contribution >= 4 is 11.3 Å². The lowest BCUT2D eigenvalue weighted by atomic mass is 10.3. The highest BCUT2D eigenvalue weighted by molar-refractivity contribution is 7.09. The van der Waals surface area contributed by atoms with Crippen molar-refractivity contribution in [2.24, 2.45) is 7.05 Å². The zero-order valence-corrected chi connectivity index (χ0v) is 8.82. The molecule has 0 spiro atoms. The van der Waals surface area contributed by atoms with Gasteiger partial charge in [-0.25, -0.2) is 9.97 Å². The van der Waals surface area contributed by atoms with Crippen LogP contribution < -0.4 is 0 Å². The molecule has 0 amide bonds. The molecule has 1 unspecified atom stereocenters. The first-order valence-electron chi connectivity index (χ1n) is 4.26. The van der Waals surface area contributed by atoms with Gasteiger partial charge in [-0.3, -0.25) is 0 Å². The van der Waals surface area contributed by atoms with E-state index in [-0.39, 0.29) is 0 Å². The van der Waals surface area contributed by atoms with Crippen LogP contribution in [0.5, 0.6) is 0 Å². The Morgan fingerprint density at radius 1 is 1.57 bits per heavy atom. The van der Waals surface area contributed by atoms with Gasteiger partial charge in [0, 0.05) is 30.5 Å². The second-order valence-corrected chi connectivity index (χ2v) is 4.02. The Morgan fingerprint density at radius 3 is 2.86 bits per heavy atom. The second kappa shape index (κ2) is 3.51. The molecular weight excluding hydrogens is 198 g/mol. The van der Waals surface area contributed by atoms with Crippen molar-refractivity contribution in [3.05, 3.63) is 34.3 Å². The van der Waals surface area contributed by atoms with Gasteiger partial charge in [0.1, 0.15) is 10.8 Å². The Bertz CT molecular complexity index is 435. The predicted molar refractivity (Wildman–Crippen MR) is 54.1 cm³/mol. The number of nitrogens with zero attached hydrogens (tertiary/aromatic N) is 3. The Balaban J connectivity index is 2.33. The van der Waals surface area contributed by atoms with Crippen molar-refractivity contribution in [3.63, 3.8) is 0 Å². The van der Waals surface area contributed by atoms with Crippen LogP contribution in [0.2, 0.25) is 0 Å². The minimum atomic E-state index is -0.714. The predicted octanol–water partition coefficient (Wildman–Crippen LogP) is 1.27. The largest absolute Gasteiger partial charge is 0.378 e. The fraction of sp³-hybridized carbons (Fsp3) is 0.333. The summed E-state index contributed by atoms with van der Waals surface area (Å²) in [7, 11) is 1.85. The van der Waals surface area contributed by atoms with Crippen LogP contribution in [0.25, 0.3) is 0 Å². The molecule has 2 heterocycles.